The van der Waals surface area contributed by atoms with Crippen LogP contribution >= 0.6 is 11.6 Å². The third-order valence-electron chi connectivity index (χ3n) is 3.48. The van der Waals surface area contributed by atoms with Crippen LogP contribution in [0.25, 0.3) is 0 Å². The van der Waals surface area contributed by atoms with Gasteiger partial charge in [-0.25, -0.2) is 0 Å². The monoisotopic (exact) mass is 310 g/mol. The number of carbonyl (C=O) groups excluding carboxylic acids is 2. The van der Waals surface area contributed by atoms with Crippen LogP contribution < -0.4 is 10.1 Å². The van der Waals surface area contributed by atoms with Crippen LogP contribution in [0.4, 0.5) is 0 Å². The van der Waals surface area contributed by atoms with Gasteiger partial charge in [0.2, 0.25) is 5.91 Å². The second-order valence-electron chi connectivity index (χ2n) is 5.13. The molecule has 1 aromatic rings. The smallest absolute Gasteiger partial charge is 0.261 e. The molecule has 2 rings (SSSR count). The normalized spacial score (nSPS) is 18.9. The number of ether oxygens (including phenoxy) is 1. The average molecular weight is 311 g/mol. The number of nitrogens with one attached hydrogen (secondary N) is 1. The number of hydrogen-bond acceptors (Lipinski definition) is 3. The summed E-state index contributed by atoms with van der Waals surface area (Å²) in [5.41, 5.74) is 1.00. The minimum absolute atomic E-state index is 0.124. The van der Waals surface area contributed by atoms with Gasteiger partial charge in [0.25, 0.3) is 5.91 Å². The van der Waals surface area contributed by atoms with Crippen molar-refractivity contribution >= 4 is 23.4 Å². The fraction of sp³-hybridized carbons (Fsp3) is 0.467. The summed E-state index contributed by atoms with van der Waals surface area (Å²) in [5.74, 6) is 0.142. The maximum absolute atomic E-state index is 12.3. The van der Waals surface area contributed by atoms with E-state index in [1.165, 1.54) is 0 Å². The molecule has 1 aliphatic heterocycles. The molecule has 1 saturated heterocycles. The molecule has 1 atom stereocenters. The van der Waals surface area contributed by atoms with Crippen LogP contribution in [0, 0.1) is 6.92 Å². The Labute approximate surface area is 129 Å². The number of carbonyl (C=O) groups is 2. The Morgan fingerprint density at radius 1 is 1.52 bits per heavy atom. The number of aryl methyl sites for hydroxylation is 1. The number of rotatable bonds is 3. The van der Waals surface area contributed by atoms with Gasteiger partial charge in [-0.15, -0.1) is 0 Å². The molecule has 0 saturated carbocycles. The maximum atomic E-state index is 12.3. The lowest BCUT2D eigenvalue weighted by molar-refractivity contribution is -0.140. The van der Waals surface area contributed by atoms with E-state index in [1.807, 2.05) is 13.0 Å². The summed E-state index contributed by atoms with van der Waals surface area (Å²) < 4.78 is 5.50. The molecule has 1 heterocycles. The quantitative estimate of drug-likeness (QED) is 0.925. The van der Waals surface area contributed by atoms with Crippen LogP contribution in [0.1, 0.15) is 18.9 Å². The van der Waals surface area contributed by atoms with Gasteiger partial charge in [0.05, 0.1) is 5.02 Å². The summed E-state index contributed by atoms with van der Waals surface area (Å²) in [6.07, 6.45) is 0.743. The van der Waals surface area contributed by atoms with Crippen molar-refractivity contribution in [1.29, 1.82) is 0 Å². The molecule has 0 aliphatic carbocycles. The zero-order chi connectivity index (χ0) is 15.4. The molecule has 0 aromatic heterocycles. The van der Waals surface area contributed by atoms with Crippen LogP contribution in [0.2, 0.25) is 5.02 Å². The summed E-state index contributed by atoms with van der Waals surface area (Å²) in [7, 11) is 0. The van der Waals surface area contributed by atoms with E-state index in [1.54, 1.807) is 24.0 Å². The van der Waals surface area contributed by atoms with E-state index in [4.69, 9.17) is 16.3 Å². The lowest BCUT2D eigenvalue weighted by atomic mass is 10.2. The van der Waals surface area contributed by atoms with Crippen molar-refractivity contribution in [2.24, 2.45) is 0 Å². The van der Waals surface area contributed by atoms with Crippen molar-refractivity contribution in [3.63, 3.8) is 0 Å². The minimum Gasteiger partial charge on any atom is -0.482 e. The Morgan fingerprint density at radius 3 is 3.05 bits per heavy atom. The van der Waals surface area contributed by atoms with Gasteiger partial charge >= 0.3 is 0 Å². The number of hydrogen-bond donors (Lipinski definition) is 1. The maximum Gasteiger partial charge on any atom is 0.261 e. The van der Waals surface area contributed by atoms with Gasteiger partial charge in [-0.1, -0.05) is 17.7 Å². The van der Waals surface area contributed by atoms with E-state index >= 15 is 0 Å². The fourth-order valence-corrected chi connectivity index (χ4v) is 2.40. The van der Waals surface area contributed by atoms with Crippen LogP contribution in [-0.4, -0.2) is 42.5 Å². The molecule has 6 heteroatoms. The zero-order valence-electron chi connectivity index (χ0n) is 12.2. The first kappa shape index (κ1) is 15.6. The summed E-state index contributed by atoms with van der Waals surface area (Å²) in [6, 6.07) is 4.92. The van der Waals surface area contributed by atoms with E-state index in [0.29, 0.717) is 23.9 Å². The molecule has 2 amide bonds. The van der Waals surface area contributed by atoms with Crippen molar-refractivity contribution < 1.29 is 14.3 Å². The second kappa shape index (κ2) is 6.80. The first-order valence-corrected chi connectivity index (χ1v) is 7.33. The van der Waals surface area contributed by atoms with Crippen LogP contribution in [0.3, 0.4) is 0 Å². The first-order valence-electron chi connectivity index (χ1n) is 6.95. The van der Waals surface area contributed by atoms with Crippen LogP contribution in [0.15, 0.2) is 18.2 Å². The summed E-state index contributed by atoms with van der Waals surface area (Å²) in [5, 5.41) is 3.24. The van der Waals surface area contributed by atoms with E-state index < -0.39 is 6.04 Å². The molecule has 0 radical (unpaired) electrons. The van der Waals surface area contributed by atoms with Gasteiger partial charge in [-0.3, -0.25) is 9.59 Å². The van der Waals surface area contributed by atoms with E-state index in [9.17, 15) is 9.59 Å². The van der Waals surface area contributed by atoms with Crippen molar-refractivity contribution in [3.8, 4) is 5.75 Å². The minimum atomic E-state index is -0.475. The lowest BCUT2D eigenvalue weighted by Crippen LogP contribution is -2.46. The Bertz CT molecular complexity index is 548. The highest BCUT2D eigenvalue weighted by Gasteiger charge is 2.27. The molecule has 5 nitrogen and oxygen atoms in total. The van der Waals surface area contributed by atoms with Crippen LogP contribution in [0.5, 0.6) is 5.75 Å². The summed E-state index contributed by atoms with van der Waals surface area (Å²) >= 11 is 6.03. The van der Waals surface area contributed by atoms with Gasteiger partial charge in [0.15, 0.2) is 6.61 Å². The highest BCUT2D eigenvalue weighted by molar-refractivity contribution is 6.32. The van der Waals surface area contributed by atoms with Crippen LogP contribution in [-0.2, 0) is 9.59 Å². The first-order chi connectivity index (χ1) is 9.99. The SMILES string of the molecule is Cc1ccc(Cl)c(OCC(=O)N2CCCNC(=O)[C@@H]2C)c1. The third kappa shape index (κ3) is 3.88. The van der Waals surface area contributed by atoms with E-state index in [-0.39, 0.29) is 18.4 Å². The van der Waals surface area contributed by atoms with Crippen molar-refractivity contribution in [2.75, 3.05) is 19.7 Å². The molecule has 0 spiro atoms. The molecule has 1 fully saturated rings. The van der Waals surface area contributed by atoms with Gasteiger partial charge in [-0.2, -0.15) is 0 Å². The summed E-state index contributed by atoms with van der Waals surface area (Å²) in [4.78, 5) is 25.5. The molecule has 0 unspecified atom stereocenters. The summed E-state index contributed by atoms with van der Waals surface area (Å²) in [6.45, 7) is 4.66. The largest absolute Gasteiger partial charge is 0.482 e. The fourth-order valence-electron chi connectivity index (χ4n) is 2.23. The Hall–Kier alpha value is -1.75. The number of amides is 2. The lowest BCUT2D eigenvalue weighted by Gasteiger charge is -2.25. The van der Waals surface area contributed by atoms with E-state index in [0.717, 1.165) is 12.0 Å². The highest BCUT2D eigenvalue weighted by atomic mass is 35.5. The van der Waals surface area contributed by atoms with Gasteiger partial charge in [0.1, 0.15) is 11.8 Å². The molecule has 114 valence electrons. The van der Waals surface area contributed by atoms with Gasteiger partial charge < -0.3 is 15.0 Å². The molecule has 1 N–H and O–H groups in total. The predicted molar refractivity (Wildman–Crippen MR) is 80.5 cm³/mol. The zero-order valence-corrected chi connectivity index (χ0v) is 12.9. The topological polar surface area (TPSA) is 58.6 Å². The standard InChI is InChI=1S/C15H19ClN2O3/c1-10-4-5-12(16)13(8-10)21-9-14(19)18-7-3-6-17-15(20)11(18)2/h4-5,8,11H,3,6-7,9H2,1-2H3,(H,17,20)/t11-/m0/s1. The number of halogens is 1. The van der Waals surface area contributed by atoms with Crippen molar-refractivity contribution in [3.05, 3.63) is 28.8 Å². The molecule has 21 heavy (non-hydrogen) atoms. The second-order valence-corrected chi connectivity index (χ2v) is 5.54. The van der Waals surface area contributed by atoms with Gasteiger partial charge in [-0.05, 0) is 38.0 Å². The molecule has 0 bridgehead atoms. The van der Waals surface area contributed by atoms with Gasteiger partial charge in [0, 0.05) is 13.1 Å². The molecule has 1 aliphatic rings. The molecule has 1 aromatic carbocycles. The number of benzene rings is 1. The Balaban J connectivity index is 2.00. The Kier molecular flexibility index (Phi) is 5.07. The van der Waals surface area contributed by atoms with E-state index in [2.05, 4.69) is 5.32 Å². The highest BCUT2D eigenvalue weighted by Crippen LogP contribution is 2.25. The average Bonchev–Trinajstić information content (AvgIpc) is 2.62. The molecular weight excluding hydrogens is 292 g/mol. The van der Waals surface area contributed by atoms with Crippen molar-refractivity contribution in [1.82, 2.24) is 10.2 Å². The Morgan fingerprint density at radius 2 is 2.29 bits per heavy atom. The number of nitrogens with zero attached hydrogens (tertiary/aromatic N) is 1. The predicted octanol–water partition coefficient (Wildman–Crippen LogP) is 1.76. The third-order valence-corrected chi connectivity index (χ3v) is 3.79. The van der Waals surface area contributed by atoms with Crippen molar-refractivity contribution in [2.45, 2.75) is 26.3 Å². The molecular formula is C15H19ClN2O3.